The SMILES string of the molecule is c1cc(OCC2CO2)cc(C(c2ccc(C(c3cccc(C4COOC4)c3)c3cccc(C4COOC4)c3)cc2)c2cccc(C3COOC3)c2)c1. The highest BCUT2D eigenvalue weighted by molar-refractivity contribution is 5.51. The van der Waals surface area contributed by atoms with Gasteiger partial charge in [0.25, 0.3) is 0 Å². The minimum atomic E-state index is -0.0206. The number of epoxide rings is 1. The average molecular weight is 699 g/mol. The lowest BCUT2D eigenvalue weighted by Gasteiger charge is -2.24. The van der Waals surface area contributed by atoms with Gasteiger partial charge in [-0.3, -0.25) is 0 Å². The van der Waals surface area contributed by atoms with Gasteiger partial charge in [-0.2, -0.15) is 0 Å². The lowest BCUT2D eigenvalue weighted by Crippen LogP contribution is -2.10. The van der Waals surface area contributed by atoms with E-state index in [1.165, 1.54) is 44.5 Å². The zero-order chi connectivity index (χ0) is 34.7. The molecule has 0 saturated carbocycles. The van der Waals surface area contributed by atoms with Gasteiger partial charge in [0.15, 0.2) is 0 Å². The first kappa shape index (κ1) is 33.5. The molecule has 4 aliphatic rings. The van der Waals surface area contributed by atoms with Gasteiger partial charge in [-0.25, -0.2) is 29.3 Å². The van der Waals surface area contributed by atoms with E-state index in [2.05, 4.69) is 115 Å². The van der Waals surface area contributed by atoms with E-state index < -0.39 is 0 Å². The van der Waals surface area contributed by atoms with E-state index in [0.717, 1.165) is 17.9 Å². The predicted molar refractivity (Wildman–Crippen MR) is 193 cm³/mol. The van der Waals surface area contributed by atoms with Gasteiger partial charge in [0.1, 0.15) is 18.5 Å². The van der Waals surface area contributed by atoms with Gasteiger partial charge in [0, 0.05) is 29.6 Å². The molecule has 9 rings (SSSR count). The largest absolute Gasteiger partial charge is 0.491 e. The fraction of sp³-hybridized carbons (Fsp3) is 0.318. The Balaban J connectivity index is 1.10. The molecule has 0 aliphatic carbocycles. The van der Waals surface area contributed by atoms with E-state index in [4.69, 9.17) is 38.8 Å². The first-order chi connectivity index (χ1) is 25.7. The maximum atomic E-state index is 6.15. The van der Waals surface area contributed by atoms with Crippen LogP contribution in [-0.2, 0) is 34.1 Å². The van der Waals surface area contributed by atoms with Crippen LogP contribution in [0, 0.1) is 0 Å². The number of benzene rings is 5. The van der Waals surface area contributed by atoms with Crippen LogP contribution in [0.5, 0.6) is 5.75 Å². The molecule has 8 heteroatoms. The maximum absolute atomic E-state index is 6.15. The van der Waals surface area contributed by atoms with Gasteiger partial charge in [-0.15, -0.1) is 0 Å². The molecule has 0 bridgehead atoms. The van der Waals surface area contributed by atoms with Crippen LogP contribution in [0.4, 0.5) is 0 Å². The third-order valence-corrected chi connectivity index (χ3v) is 10.6. The van der Waals surface area contributed by atoms with E-state index in [1.807, 2.05) is 6.07 Å². The summed E-state index contributed by atoms with van der Waals surface area (Å²) in [7, 11) is 0. The van der Waals surface area contributed by atoms with Crippen molar-refractivity contribution in [3.8, 4) is 5.75 Å². The molecule has 2 atom stereocenters. The molecule has 8 nitrogen and oxygen atoms in total. The lowest BCUT2D eigenvalue weighted by molar-refractivity contribution is -0.248. The Kier molecular flexibility index (Phi) is 9.85. The molecule has 2 unspecified atom stereocenters. The Morgan fingerprint density at radius 1 is 0.423 bits per heavy atom. The molecule has 4 saturated heterocycles. The second kappa shape index (κ2) is 15.3. The molecular formula is C44H42O8. The van der Waals surface area contributed by atoms with Gasteiger partial charge >= 0.3 is 0 Å². The summed E-state index contributed by atoms with van der Waals surface area (Å²) in [6.07, 6.45) is 0.188. The van der Waals surface area contributed by atoms with Crippen LogP contribution >= 0.6 is 0 Å². The quantitative estimate of drug-likeness (QED) is 0.0739. The summed E-state index contributed by atoms with van der Waals surface area (Å²) in [4.78, 5) is 31.7. The standard InChI is InChI=1S/C44H42O8/c1-5-31(38-21-47-48-22-38)17-34(8-1)43(35-9-2-6-32(18-35)39-23-49-50-24-39)29-13-15-30(16-14-29)44(36-10-3-7-33(19-36)40-25-51-52-26-40)37-11-4-12-41(20-37)45-27-42-28-46-42/h1-20,38-40,42-44H,21-28H2. The van der Waals surface area contributed by atoms with Crippen LogP contribution in [0.3, 0.4) is 0 Å². The molecule has 5 aromatic carbocycles. The van der Waals surface area contributed by atoms with Crippen molar-refractivity contribution in [2.24, 2.45) is 0 Å². The monoisotopic (exact) mass is 698 g/mol. The lowest BCUT2D eigenvalue weighted by atomic mass is 9.80. The fourth-order valence-corrected chi connectivity index (χ4v) is 7.65. The number of hydrogen-bond donors (Lipinski definition) is 0. The summed E-state index contributed by atoms with van der Waals surface area (Å²) < 4.78 is 11.5. The topological polar surface area (TPSA) is 77.1 Å². The zero-order valence-electron chi connectivity index (χ0n) is 28.9. The van der Waals surface area contributed by atoms with Gasteiger partial charge in [0.2, 0.25) is 0 Å². The third kappa shape index (κ3) is 7.42. The zero-order valence-corrected chi connectivity index (χ0v) is 28.9. The first-order valence-corrected chi connectivity index (χ1v) is 18.2. The molecule has 0 aromatic heterocycles. The summed E-state index contributed by atoms with van der Waals surface area (Å²) >= 11 is 0. The van der Waals surface area contributed by atoms with Crippen molar-refractivity contribution < 1.29 is 38.8 Å². The van der Waals surface area contributed by atoms with Crippen LogP contribution in [0.15, 0.2) is 121 Å². The van der Waals surface area contributed by atoms with Gasteiger partial charge < -0.3 is 9.47 Å². The first-order valence-electron chi connectivity index (χ1n) is 18.2. The van der Waals surface area contributed by atoms with Gasteiger partial charge in [0.05, 0.1) is 46.2 Å². The number of hydrogen-bond acceptors (Lipinski definition) is 8. The van der Waals surface area contributed by atoms with E-state index in [0.29, 0.717) is 46.2 Å². The Morgan fingerprint density at radius 2 is 0.788 bits per heavy atom. The predicted octanol–water partition coefficient (Wildman–Crippen LogP) is 7.96. The van der Waals surface area contributed by atoms with E-state index in [1.54, 1.807) is 0 Å². The summed E-state index contributed by atoms with van der Waals surface area (Å²) in [5.41, 5.74) is 10.9. The van der Waals surface area contributed by atoms with Crippen LogP contribution in [0.1, 0.15) is 79.7 Å². The minimum absolute atomic E-state index is 0.00550. The van der Waals surface area contributed by atoms with Crippen molar-refractivity contribution in [2.45, 2.75) is 35.7 Å². The molecule has 0 spiro atoms. The summed E-state index contributed by atoms with van der Waals surface area (Å²) in [6, 6.07) is 44.2. The second-order valence-corrected chi connectivity index (χ2v) is 14.2. The Bertz CT molecular complexity index is 1900. The molecule has 0 amide bonds. The van der Waals surface area contributed by atoms with Crippen molar-refractivity contribution in [1.29, 1.82) is 0 Å². The molecule has 4 aliphatic heterocycles. The molecular weight excluding hydrogens is 656 g/mol. The Labute approximate surface area is 303 Å². The Hall–Kier alpha value is -4.38. The molecule has 0 N–H and O–H groups in total. The highest BCUT2D eigenvalue weighted by Crippen LogP contribution is 2.39. The van der Waals surface area contributed by atoms with Crippen LogP contribution in [0.25, 0.3) is 0 Å². The van der Waals surface area contributed by atoms with Crippen molar-refractivity contribution in [1.82, 2.24) is 0 Å². The average Bonchev–Trinajstić information content (AvgIpc) is 3.64. The normalized spacial score (nSPS) is 20.1. The molecule has 4 fully saturated rings. The van der Waals surface area contributed by atoms with Crippen LogP contribution in [0.2, 0.25) is 0 Å². The minimum Gasteiger partial charge on any atom is -0.491 e. The molecule has 52 heavy (non-hydrogen) atoms. The summed E-state index contributed by atoms with van der Waals surface area (Å²) in [5.74, 6) is 1.45. The highest BCUT2D eigenvalue weighted by Gasteiger charge is 2.27. The van der Waals surface area contributed by atoms with Gasteiger partial charge in [-0.1, -0.05) is 109 Å². The fourth-order valence-electron chi connectivity index (χ4n) is 7.65. The van der Waals surface area contributed by atoms with E-state index in [9.17, 15) is 0 Å². The molecule has 4 heterocycles. The number of rotatable bonds is 12. The summed E-state index contributed by atoms with van der Waals surface area (Å²) in [6.45, 7) is 4.67. The van der Waals surface area contributed by atoms with Gasteiger partial charge in [-0.05, 0) is 62.2 Å². The number of ether oxygens (including phenoxy) is 2. The third-order valence-electron chi connectivity index (χ3n) is 10.6. The molecule has 266 valence electrons. The van der Waals surface area contributed by atoms with Crippen molar-refractivity contribution in [2.75, 3.05) is 52.9 Å². The smallest absolute Gasteiger partial charge is 0.119 e. The van der Waals surface area contributed by atoms with E-state index >= 15 is 0 Å². The maximum Gasteiger partial charge on any atom is 0.119 e. The van der Waals surface area contributed by atoms with Crippen molar-refractivity contribution in [3.05, 3.63) is 171 Å². The van der Waals surface area contributed by atoms with Crippen LogP contribution in [-0.4, -0.2) is 59.0 Å². The van der Waals surface area contributed by atoms with Crippen molar-refractivity contribution in [3.63, 3.8) is 0 Å². The molecule has 0 radical (unpaired) electrons. The van der Waals surface area contributed by atoms with Crippen molar-refractivity contribution >= 4 is 0 Å². The second-order valence-electron chi connectivity index (χ2n) is 14.2. The highest BCUT2D eigenvalue weighted by atomic mass is 17.2. The molecule has 5 aromatic rings. The van der Waals surface area contributed by atoms with Crippen LogP contribution < -0.4 is 4.74 Å². The Morgan fingerprint density at radius 3 is 1.17 bits per heavy atom. The van der Waals surface area contributed by atoms with E-state index in [-0.39, 0.29) is 35.7 Å². The summed E-state index contributed by atoms with van der Waals surface area (Å²) in [5, 5.41) is 0.